The second kappa shape index (κ2) is 8.72. The fourth-order valence-electron chi connectivity index (χ4n) is 3.81. The number of para-hydroxylation sites is 1. The summed E-state index contributed by atoms with van der Waals surface area (Å²) < 4.78 is 46.9. The van der Waals surface area contributed by atoms with E-state index in [0.29, 0.717) is 28.3 Å². The molecule has 1 aliphatic rings. The molecule has 1 atom stereocenters. The predicted octanol–water partition coefficient (Wildman–Crippen LogP) is 6.87. The molecule has 30 heavy (non-hydrogen) atoms. The van der Waals surface area contributed by atoms with E-state index in [2.05, 4.69) is 6.58 Å². The maximum atomic E-state index is 13.6. The molecule has 0 aromatic heterocycles. The molecule has 0 bridgehead atoms. The summed E-state index contributed by atoms with van der Waals surface area (Å²) in [4.78, 5) is 10.9. The maximum Gasteiger partial charge on any atom is 0.416 e. The molecule has 160 valence electrons. The number of rotatable bonds is 6. The van der Waals surface area contributed by atoms with Gasteiger partial charge in [-0.15, -0.1) is 0 Å². The summed E-state index contributed by atoms with van der Waals surface area (Å²) in [5, 5.41) is 9.33. The van der Waals surface area contributed by atoms with Crippen LogP contribution in [-0.4, -0.2) is 11.1 Å². The molecule has 3 rings (SSSR count). The summed E-state index contributed by atoms with van der Waals surface area (Å²) in [6.45, 7) is 5.76. The van der Waals surface area contributed by atoms with E-state index in [9.17, 15) is 18.0 Å². The number of carboxylic acids is 1. The third-order valence-electron chi connectivity index (χ3n) is 5.27. The fourth-order valence-corrected chi connectivity index (χ4v) is 4.03. The van der Waals surface area contributed by atoms with Crippen LogP contribution < -0.4 is 4.74 Å². The van der Waals surface area contributed by atoms with Crippen molar-refractivity contribution in [2.45, 2.75) is 51.3 Å². The maximum absolute atomic E-state index is 13.6. The Morgan fingerprint density at radius 1 is 1.30 bits per heavy atom. The van der Waals surface area contributed by atoms with E-state index in [1.54, 1.807) is 25.1 Å². The van der Waals surface area contributed by atoms with Gasteiger partial charge in [-0.2, -0.15) is 13.2 Å². The number of hydrogen-bond donors (Lipinski definition) is 1. The van der Waals surface area contributed by atoms with E-state index >= 15 is 0 Å². The van der Waals surface area contributed by atoms with Gasteiger partial charge in [0.15, 0.2) is 0 Å². The Labute approximate surface area is 178 Å². The first-order valence-corrected chi connectivity index (χ1v) is 10.1. The molecule has 0 radical (unpaired) electrons. The van der Waals surface area contributed by atoms with Crippen LogP contribution in [0.3, 0.4) is 0 Å². The van der Waals surface area contributed by atoms with Gasteiger partial charge in [0.05, 0.1) is 10.6 Å². The summed E-state index contributed by atoms with van der Waals surface area (Å²) in [6.07, 6.45) is -4.10. The molecule has 3 nitrogen and oxygen atoms in total. The van der Waals surface area contributed by atoms with Crippen LogP contribution in [0.4, 0.5) is 13.2 Å². The summed E-state index contributed by atoms with van der Waals surface area (Å²) >= 11 is 6.28. The summed E-state index contributed by atoms with van der Waals surface area (Å²) in [7, 11) is 0. The second-order valence-corrected chi connectivity index (χ2v) is 7.74. The lowest BCUT2D eigenvalue weighted by Crippen LogP contribution is -2.19. The number of fused-ring (bicyclic) bond motifs is 1. The van der Waals surface area contributed by atoms with Gasteiger partial charge in [0.25, 0.3) is 0 Å². The molecule has 0 spiro atoms. The number of alkyl halides is 3. The Kier molecular flexibility index (Phi) is 6.46. The molecule has 2 aromatic rings. The highest BCUT2D eigenvalue weighted by molar-refractivity contribution is 6.32. The number of ether oxygens (including phenoxy) is 1. The molecule has 0 aliphatic carbocycles. The Bertz CT molecular complexity index is 982. The monoisotopic (exact) mass is 438 g/mol. The van der Waals surface area contributed by atoms with Crippen molar-refractivity contribution >= 4 is 23.1 Å². The van der Waals surface area contributed by atoms with Crippen molar-refractivity contribution in [2.24, 2.45) is 0 Å². The minimum atomic E-state index is -4.49. The predicted molar refractivity (Wildman–Crippen MR) is 110 cm³/mol. The molecule has 2 aromatic carbocycles. The molecule has 1 heterocycles. The first kappa shape index (κ1) is 22.2. The van der Waals surface area contributed by atoms with Crippen LogP contribution in [0.5, 0.6) is 5.75 Å². The molecule has 1 N–H and O–H groups in total. The Balaban J connectivity index is 2.07. The summed E-state index contributed by atoms with van der Waals surface area (Å²) in [5.41, 5.74) is 2.13. The van der Waals surface area contributed by atoms with Crippen LogP contribution >= 0.6 is 11.6 Å². The van der Waals surface area contributed by atoms with Crippen molar-refractivity contribution in [3.8, 4) is 5.75 Å². The van der Waals surface area contributed by atoms with Crippen molar-refractivity contribution < 1.29 is 27.8 Å². The van der Waals surface area contributed by atoms with Gasteiger partial charge in [0, 0.05) is 18.4 Å². The van der Waals surface area contributed by atoms with Gasteiger partial charge in [-0.25, -0.2) is 0 Å². The summed E-state index contributed by atoms with van der Waals surface area (Å²) in [6, 6.07) is 8.01. The van der Waals surface area contributed by atoms with Crippen LogP contribution in [0.25, 0.3) is 5.57 Å². The quantitative estimate of drug-likeness (QED) is 0.535. The van der Waals surface area contributed by atoms with Gasteiger partial charge >= 0.3 is 12.1 Å². The number of carboxylic acid groups (broad SMARTS) is 1. The lowest BCUT2D eigenvalue weighted by atomic mass is 9.87. The smallest absolute Gasteiger partial charge is 0.416 e. The van der Waals surface area contributed by atoms with Crippen LogP contribution in [0.1, 0.15) is 60.1 Å². The van der Waals surface area contributed by atoms with Crippen LogP contribution in [-0.2, 0) is 23.8 Å². The van der Waals surface area contributed by atoms with Crippen LogP contribution in [0.15, 0.2) is 36.9 Å². The molecular weight excluding hydrogens is 417 g/mol. The molecule has 0 fully saturated rings. The number of halogens is 4. The van der Waals surface area contributed by atoms with Gasteiger partial charge in [-0.1, -0.05) is 43.3 Å². The van der Waals surface area contributed by atoms with Gasteiger partial charge < -0.3 is 9.84 Å². The molecule has 1 unspecified atom stereocenters. The van der Waals surface area contributed by atoms with E-state index in [4.69, 9.17) is 21.4 Å². The highest BCUT2D eigenvalue weighted by atomic mass is 35.5. The van der Waals surface area contributed by atoms with Gasteiger partial charge in [0.2, 0.25) is 0 Å². The number of aliphatic carboxylic acids is 1. The van der Waals surface area contributed by atoms with Crippen molar-refractivity contribution in [1.82, 2.24) is 0 Å². The van der Waals surface area contributed by atoms with Crippen LogP contribution in [0, 0.1) is 0 Å². The third-order valence-corrected chi connectivity index (χ3v) is 5.57. The highest BCUT2D eigenvalue weighted by Crippen LogP contribution is 2.46. The average Bonchev–Trinajstić information content (AvgIpc) is 2.67. The Hall–Kier alpha value is -2.47. The molecule has 7 heteroatoms. The lowest BCUT2D eigenvalue weighted by molar-refractivity contribution is -0.138. The molecular formula is C23H22ClF3O3. The molecule has 0 saturated carbocycles. The largest absolute Gasteiger partial charge is 0.483 e. The van der Waals surface area contributed by atoms with Gasteiger partial charge in [-0.05, 0) is 53.7 Å². The van der Waals surface area contributed by atoms with Crippen molar-refractivity contribution in [3.05, 3.63) is 69.8 Å². The van der Waals surface area contributed by atoms with E-state index in [-0.39, 0.29) is 31.2 Å². The minimum absolute atomic E-state index is 0.122. The first-order chi connectivity index (χ1) is 14.1. The molecule has 1 aliphatic heterocycles. The normalized spacial score (nSPS) is 16.2. The van der Waals surface area contributed by atoms with E-state index in [1.165, 1.54) is 0 Å². The second-order valence-electron chi connectivity index (χ2n) is 7.34. The van der Waals surface area contributed by atoms with Crippen molar-refractivity contribution in [2.75, 3.05) is 0 Å². The van der Waals surface area contributed by atoms with Gasteiger partial charge in [-0.3, -0.25) is 4.79 Å². The lowest BCUT2D eigenvalue weighted by Gasteiger charge is -2.31. The molecule has 0 saturated heterocycles. The van der Waals surface area contributed by atoms with Gasteiger partial charge in [0.1, 0.15) is 11.9 Å². The zero-order valence-electron chi connectivity index (χ0n) is 16.5. The zero-order valence-corrected chi connectivity index (χ0v) is 17.2. The Morgan fingerprint density at radius 2 is 2.03 bits per heavy atom. The van der Waals surface area contributed by atoms with E-state index in [1.807, 2.05) is 6.07 Å². The number of benzene rings is 2. The SMILES string of the molecule is C=C1CC(c2cc(CC)c(C(F)(F)F)cc2CCCC(=O)O)Oc2c(Cl)cccc21. The van der Waals surface area contributed by atoms with E-state index in [0.717, 1.165) is 17.2 Å². The van der Waals surface area contributed by atoms with Crippen LogP contribution in [0.2, 0.25) is 5.02 Å². The highest BCUT2D eigenvalue weighted by Gasteiger charge is 2.35. The number of carbonyl (C=O) groups is 1. The molecule has 0 amide bonds. The summed E-state index contributed by atoms with van der Waals surface area (Å²) in [5.74, 6) is -0.518. The Morgan fingerprint density at radius 3 is 2.67 bits per heavy atom. The first-order valence-electron chi connectivity index (χ1n) is 9.69. The van der Waals surface area contributed by atoms with Crippen molar-refractivity contribution in [1.29, 1.82) is 0 Å². The zero-order chi connectivity index (χ0) is 22.1. The average molecular weight is 439 g/mol. The standard InChI is InChI=1S/C23H22ClF3O3/c1-3-14-11-17(15(6-4-9-21(28)29)12-18(14)23(25,26)27)20-10-13(2)16-7-5-8-19(24)22(16)30-20/h5,7-8,11-12,20H,2-4,6,9-10H2,1H3,(H,28,29). The third kappa shape index (κ3) is 4.64. The number of aryl methyl sites for hydroxylation is 2. The van der Waals surface area contributed by atoms with Crippen molar-refractivity contribution in [3.63, 3.8) is 0 Å². The van der Waals surface area contributed by atoms with E-state index < -0.39 is 23.8 Å². The minimum Gasteiger partial charge on any atom is -0.483 e. The number of hydrogen-bond acceptors (Lipinski definition) is 2. The topological polar surface area (TPSA) is 46.5 Å². The fraction of sp³-hybridized carbons (Fsp3) is 0.348.